The molecule has 0 spiro atoms. The molecule has 8 heavy (non-hydrogen) atoms. The molecule has 1 atom stereocenters. The summed E-state index contributed by atoms with van der Waals surface area (Å²) in [6, 6.07) is 0. The Morgan fingerprint density at radius 1 is 2.00 bits per heavy atom. The first-order valence-corrected chi connectivity index (χ1v) is 4.97. The van der Waals surface area contributed by atoms with E-state index in [2.05, 4.69) is 30.6 Å². The molecule has 0 bridgehead atoms. The largest absolute Gasteiger partial charge is 0.478 e. The summed E-state index contributed by atoms with van der Waals surface area (Å²) >= 11 is 7.92. The van der Waals surface area contributed by atoms with Crippen molar-refractivity contribution in [3.8, 4) is 0 Å². The molecule has 5 heteroatoms. The molecule has 0 heterocycles. The second-order valence-corrected chi connectivity index (χ2v) is 3.01. The molecular formula is C3H6O2PS2+. The number of hydrogen-bond acceptors (Lipinski definition) is 2. The van der Waals surface area contributed by atoms with Crippen LogP contribution in [0.2, 0.25) is 0 Å². The molecule has 0 rings (SSSR count). The molecule has 0 aliphatic heterocycles. The molecule has 0 aromatic heterocycles. The van der Waals surface area contributed by atoms with Gasteiger partial charge in [-0.3, -0.25) is 0 Å². The fraction of sp³-hybridized carbons (Fsp3) is 0. The molecule has 0 amide bonds. The summed E-state index contributed by atoms with van der Waals surface area (Å²) in [6.07, 6.45) is 0.833. The second-order valence-electron chi connectivity index (χ2n) is 0.634. The Morgan fingerprint density at radius 2 is 2.12 bits per heavy atom. The first-order valence-electron chi connectivity index (χ1n) is 1.55. The fourth-order valence-corrected chi connectivity index (χ4v) is 0. The summed E-state index contributed by atoms with van der Waals surface area (Å²) < 4.78 is 0. The van der Waals surface area contributed by atoms with E-state index in [0.29, 0.717) is 6.56 Å². The van der Waals surface area contributed by atoms with Gasteiger partial charge in [0, 0.05) is 6.08 Å². The Kier molecular flexibility index (Phi) is 13.9. The van der Waals surface area contributed by atoms with Gasteiger partial charge < -0.3 is 5.11 Å². The SMILES string of the molecule is C=CC(=O)O.S=[PH+]S. The predicted molar refractivity (Wildman–Crippen MR) is 42.5 cm³/mol. The van der Waals surface area contributed by atoms with Crippen LogP contribution >= 0.6 is 18.8 Å². The third-order valence-corrected chi connectivity index (χ3v) is 0.175. The average Bonchev–Trinajstić information content (AvgIpc) is 1.69. The lowest BCUT2D eigenvalue weighted by Gasteiger charge is -1.64. The molecule has 0 aromatic carbocycles. The Balaban J connectivity index is 0. The van der Waals surface area contributed by atoms with Crippen molar-refractivity contribution in [1.29, 1.82) is 0 Å². The highest BCUT2D eigenvalue weighted by atomic mass is 32.9. The highest BCUT2D eigenvalue weighted by Gasteiger charge is 1.73. The molecule has 0 aliphatic rings. The lowest BCUT2D eigenvalue weighted by molar-refractivity contribution is -0.131. The van der Waals surface area contributed by atoms with Crippen molar-refractivity contribution in [3.63, 3.8) is 0 Å². The summed E-state index contributed by atoms with van der Waals surface area (Å²) in [4.78, 5) is 9.25. The van der Waals surface area contributed by atoms with Gasteiger partial charge in [0.2, 0.25) is 6.56 Å². The summed E-state index contributed by atoms with van der Waals surface area (Å²) in [7, 11) is 0. The second kappa shape index (κ2) is 10.1. The smallest absolute Gasteiger partial charge is 0.327 e. The van der Waals surface area contributed by atoms with Crippen molar-refractivity contribution in [3.05, 3.63) is 12.7 Å². The van der Waals surface area contributed by atoms with E-state index in [9.17, 15) is 4.79 Å². The van der Waals surface area contributed by atoms with Crippen molar-refractivity contribution in [2.45, 2.75) is 0 Å². The first-order chi connectivity index (χ1) is 3.68. The molecule has 0 radical (unpaired) electrons. The Bertz CT molecular complexity index is 93.3. The van der Waals surface area contributed by atoms with Crippen LogP contribution < -0.4 is 0 Å². The normalized spacial score (nSPS) is 6.62. The van der Waals surface area contributed by atoms with Gasteiger partial charge in [-0.25, -0.2) is 4.79 Å². The molecule has 1 unspecified atom stereocenters. The Morgan fingerprint density at radius 3 is 2.12 bits per heavy atom. The van der Waals surface area contributed by atoms with Crippen molar-refractivity contribution < 1.29 is 9.90 Å². The van der Waals surface area contributed by atoms with Gasteiger partial charge in [0.25, 0.3) is 0 Å². The van der Waals surface area contributed by atoms with E-state index in [1.165, 1.54) is 0 Å². The van der Waals surface area contributed by atoms with E-state index in [-0.39, 0.29) is 0 Å². The number of carboxylic acid groups (broad SMARTS) is 1. The zero-order chi connectivity index (χ0) is 6.99. The summed E-state index contributed by atoms with van der Waals surface area (Å²) in [5.74, 6) is -0.981. The molecule has 46 valence electrons. The number of hydrogen-bond donors (Lipinski definition) is 2. The maximum absolute atomic E-state index is 9.25. The van der Waals surface area contributed by atoms with Gasteiger partial charge >= 0.3 is 5.97 Å². The van der Waals surface area contributed by atoms with Gasteiger partial charge in [-0.2, -0.15) is 0 Å². The van der Waals surface area contributed by atoms with E-state index in [0.717, 1.165) is 6.08 Å². The van der Waals surface area contributed by atoms with Gasteiger partial charge in [-0.15, -0.1) is 0 Å². The van der Waals surface area contributed by atoms with Crippen LogP contribution in [-0.4, -0.2) is 11.1 Å². The van der Waals surface area contributed by atoms with Crippen molar-refractivity contribution in [2.24, 2.45) is 0 Å². The molecular weight excluding hydrogens is 163 g/mol. The number of carboxylic acids is 1. The maximum atomic E-state index is 9.25. The van der Waals surface area contributed by atoms with Gasteiger partial charge in [0.05, 0.1) is 12.2 Å². The van der Waals surface area contributed by atoms with Crippen LogP contribution in [0.1, 0.15) is 0 Å². The molecule has 0 aliphatic carbocycles. The van der Waals surface area contributed by atoms with E-state index in [1.54, 1.807) is 0 Å². The topological polar surface area (TPSA) is 37.3 Å². The molecule has 0 fully saturated rings. The average molecular weight is 169 g/mol. The molecule has 1 N–H and O–H groups in total. The summed E-state index contributed by atoms with van der Waals surface area (Å²) in [5.41, 5.74) is 0. The first kappa shape index (κ1) is 11.0. The predicted octanol–water partition coefficient (Wildman–Crippen LogP) is 1.23. The zero-order valence-electron chi connectivity index (χ0n) is 4.00. The number of aliphatic carboxylic acids is 1. The van der Waals surface area contributed by atoms with Gasteiger partial charge in [0.1, 0.15) is 0 Å². The lowest BCUT2D eigenvalue weighted by atomic mass is 10.7. The Labute approximate surface area is 59.6 Å². The summed E-state index contributed by atoms with van der Waals surface area (Å²) in [6.45, 7) is 3.32. The molecule has 0 aromatic rings. The molecule has 2 nitrogen and oxygen atoms in total. The molecule has 0 saturated heterocycles. The minimum atomic E-state index is -0.981. The van der Waals surface area contributed by atoms with Crippen molar-refractivity contribution in [1.82, 2.24) is 0 Å². The van der Waals surface area contributed by atoms with E-state index in [4.69, 9.17) is 5.11 Å². The van der Waals surface area contributed by atoms with E-state index < -0.39 is 5.97 Å². The lowest BCUT2D eigenvalue weighted by Crippen LogP contribution is -1.82. The minimum absolute atomic E-state index is 0.361. The van der Waals surface area contributed by atoms with Crippen molar-refractivity contribution in [2.75, 3.05) is 0 Å². The number of carbonyl (C=O) groups is 1. The van der Waals surface area contributed by atoms with Crippen LogP contribution in [0.25, 0.3) is 0 Å². The van der Waals surface area contributed by atoms with Crippen LogP contribution in [0.4, 0.5) is 0 Å². The van der Waals surface area contributed by atoms with Crippen LogP contribution in [0.15, 0.2) is 12.7 Å². The van der Waals surface area contributed by atoms with Crippen LogP contribution in [0, 0.1) is 0 Å². The molecule has 0 saturated carbocycles. The van der Waals surface area contributed by atoms with Crippen LogP contribution in [0.3, 0.4) is 0 Å². The third-order valence-electron chi connectivity index (χ3n) is 0.175. The van der Waals surface area contributed by atoms with Crippen molar-refractivity contribution >= 4 is 36.6 Å². The number of rotatable bonds is 1. The van der Waals surface area contributed by atoms with Crippen LogP contribution in [-0.2, 0) is 16.6 Å². The third kappa shape index (κ3) is 36.3. The number of thiol groups is 1. The quantitative estimate of drug-likeness (QED) is 0.352. The standard InChI is InChI=1S/C3H4O2.HPS2/c1-2-3(4)5;2-1-3/h2H,1H2,(H,4,5);(H,2,3)/p+1. The summed E-state index contributed by atoms with van der Waals surface area (Å²) in [5, 5.41) is 7.60. The van der Waals surface area contributed by atoms with Gasteiger partial charge in [-0.05, 0) is 0 Å². The maximum Gasteiger partial charge on any atom is 0.327 e. The fourth-order valence-electron chi connectivity index (χ4n) is 0. The van der Waals surface area contributed by atoms with Gasteiger partial charge in [-0.1, -0.05) is 6.58 Å². The zero-order valence-corrected chi connectivity index (χ0v) is 6.71. The monoisotopic (exact) mass is 169 g/mol. The van der Waals surface area contributed by atoms with Crippen LogP contribution in [0.5, 0.6) is 0 Å². The van der Waals surface area contributed by atoms with E-state index >= 15 is 0 Å². The highest BCUT2D eigenvalue weighted by Crippen LogP contribution is 1.91. The van der Waals surface area contributed by atoms with E-state index in [1.807, 2.05) is 0 Å². The minimum Gasteiger partial charge on any atom is -0.478 e. The highest BCUT2D eigenvalue weighted by molar-refractivity contribution is 8.49. The Hall–Kier alpha value is 0.0800. The van der Waals surface area contributed by atoms with Gasteiger partial charge in [0.15, 0.2) is 11.8 Å².